The predicted octanol–water partition coefficient (Wildman–Crippen LogP) is 5.60. The minimum absolute atomic E-state index is 0.210. The first-order valence-corrected chi connectivity index (χ1v) is 11.5. The van der Waals surface area contributed by atoms with Gasteiger partial charge in [0.15, 0.2) is 0 Å². The lowest BCUT2D eigenvalue weighted by Gasteiger charge is -2.39. The van der Waals surface area contributed by atoms with Gasteiger partial charge in [0, 0.05) is 24.3 Å². The van der Waals surface area contributed by atoms with Gasteiger partial charge in [-0.15, -0.1) is 0 Å². The van der Waals surface area contributed by atoms with Crippen molar-refractivity contribution >= 4 is 16.5 Å². The van der Waals surface area contributed by atoms with Crippen LogP contribution >= 0.6 is 0 Å². The average Bonchev–Trinajstić information content (AvgIpc) is 2.89. The minimum atomic E-state index is -0.210. The summed E-state index contributed by atoms with van der Waals surface area (Å²) in [4.78, 5) is 2.42. The average molecular weight is 422 g/mol. The number of anilines is 1. The van der Waals surface area contributed by atoms with Crippen molar-refractivity contribution in [3.05, 3.63) is 108 Å². The number of rotatable bonds is 3. The standard InChI is InChI=1S/C29H27NO2/c1-3-7-23(8-4-1)29(24-9-5-2-6-10-24)20-27-26-19-25(30-15-17-31-18-16-30)13-11-22(26)12-14-28(27)32-21-29/h1-14,19H,15-18,20-21H2. The normalized spacial score (nSPS) is 17.6. The molecule has 2 aliphatic heterocycles. The molecule has 4 aromatic carbocycles. The SMILES string of the molecule is c1ccc(C2(c3ccccc3)COc3ccc4ccc(N5CCOCC5)cc4c3C2)cc1. The molecule has 0 aliphatic carbocycles. The first kappa shape index (κ1) is 19.4. The monoisotopic (exact) mass is 421 g/mol. The Morgan fingerprint density at radius 1 is 0.719 bits per heavy atom. The molecule has 0 N–H and O–H groups in total. The summed E-state index contributed by atoms with van der Waals surface area (Å²) in [6, 6.07) is 32.9. The number of benzene rings is 4. The molecule has 0 atom stereocenters. The van der Waals surface area contributed by atoms with Crippen LogP contribution in [-0.2, 0) is 16.6 Å². The van der Waals surface area contributed by atoms with Gasteiger partial charge in [-0.3, -0.25) is 0 Å². The third-order valence-electron chi connectivity index (χ3n) is 7.06. The molecule has 3 heteroatoms. The number of hydrogen-bond acceptors (Lipinski definition) is 3. The molecular weight excluding hydrogens is 394 g/mol. The van der Waals surface area contributed by atoms with Crippen LogP contribution in [0.15, 0.2) is 91.0 Å². The first-order chi connectivity index (χ1) is 15.8. The van der Waals surface area contributed by atoms with Gasteiger partial charge in [0.25, 0.3) is 0 Å². The topological polar surface area (TPSA) is 21.7 Å². The van der Waals surface area contributed by atoms with Gasteiger partial charge in [-0.25, -0.2) is 0 Å². The van der Waals surface area contributed by atoms with Crippen molar-refractivity contribution in [2.75, 3.05) is 37.8 Å². The zero-order valence-corrected chi connectivity index (χ0v) is 18.2. The van der Waals surface area contributed by atoms with E-state index >= 15 is 0 Å². The molecule has 1 saturated heterocycles. The summed E-state index contributed by atoms with van der Waals surface area (Å²) < 4.78 is 12.1. The highest BCUT2D eigenvalue weighted by atomic mass is 16.5. The molecule has 6 rings (SSSR count). The zero-order chi connectivity index (χ0) is 21.4. The van der Waals surface area contributed by atoms with Crippen molar-refractivity contribution < 1.29 is 9.47 Å². The van der Waals surface area contributed by atoms with Gasteiger partial charge in [-0.2, -0.15) is 0 Å². The lowest BCUT2D eigenvalue weighted by molar-refractivity contribution is 0.122. The van der Waals surface area contributed by atoms with Crippen LogP contribution in [0.1, 0.15) is 16.7 Å². The van der Waals surface area contributed by atoms with Gasteiger partial charge in [0.05, 0.1) is 18.6 Å². The number of hydrogen-bond donors (Lipinski definition) is 0. The van der Waals surface area contributed by atoms with Crippen LogP contribution in [0.5, 0.6) is 5.75 Å². The Labute approximate surface area is 189 Å². The van der Waals surface area contributed by atoms with Crippen molar-refractivity contribution in [2.45, 2.75) is 11.8 Å². The van der Waals surface area contributed by atoms with Crippen LogP contribution in [-0.4, -0.2) is 32.9 Å². The van der Waals surface area contributed by atoms with E-state index in [0.717, 1.165) is 38.5 Å². The maximum absolute atomic E-state index is 6.51. The largest absolute Gasteiger partial charge is 0.492 e. The van der Waals surface area contributed by atoms with Crippen LogP contribution in [0.25, 0.3) is 10.8 Å². The summed E-state index contributed by atoms with van der Waals surface area (Å²) in [6.45, 7) is 4.10. The van der Waals surface area contributed by atoms with Crippen molar-refractivity contribution in [1.29, 1.82) is 0 Å². The zero-order valence-electron chi connectivity index (χ0n) is 18.2. The summed E-state index contributed by atoms with van der Waals surface area (Å²) in [7, 11) is 0. The van der Waals surface area contributed by atoms with Crippen LogP contribution in [0.3, 0.4) is 0 Å². The van der Waals surface area contributed by atoms with Crippen molar-refractivity contribution in [1.82, 2.24) is 0 Å². The van der Waals surface area contributed by atoms with E-state index in [2.05, 4.69) is 95.9 Å². The van der Waals surface area contributed by atoms with Crippen molar-refractivity contribution in [2.24, 2.45) is 0 Å². The fraction of sp³-hybridized carbons (Fsp3) is 0.241. The number of morpholine rings is 1. The van der Waals surface area contributed by atoms with Gasteiger partial charge in [-0.05, 0) is 46.5 Å². The van der Waals surface area contributed by atoms with E-state index in [1.54, 1.807) is 0 Å². The van der Waals surface area contributed by atoms with E-state index in [0.29, 0.717) is 6.61 Å². The molecular formula is C29H27NO2. The lowest BCUT2D eigenvalue weighted by Crippen LogP contribution is -2.40. The fourth-order valence-corrected chi connectivity index (χ4v) is 5.29. The maximum Gasteiger partial charge on any atom is 0.123 e. The van der Waals surface area contributed by atoms with Crippen molar-refractivity contribution in [3.63, 3.8) is 0 Å². The van der Waals surface area contributed by atoms with Gasteiger partial charge in [-0.1, -0.05) is 72.8 Å². The molecule has 2 aliphatic rings. The summed E-state index contributed by atoms with van der Waals surface area (Å²) in [5.41, 5.74) is 4.97. The molecule has 3 nitrogen and oxygen atoms in total. The molecule has 0 unspecified atom stereocenters. The molecule has 32 heavy (non-hydrogen) atoms. The van der Waals surface area contributed by atoms with Gasteiger partial charge >= 0.3 is 0 Å². The summed E-state index contributed by atoms with van der Waals surface area (Å²) >= 11 is 0. The van der Waals surface area contributed by atoms with E-state index < -0.39 is 0 Å². The minimum Gasteiger partial charge on any atom is -0.492 e. The molecule has 2 heterocycles. The maximum atomic E-state index is 6.51. The third kappa shape index (κ3) is 3.25. The van der Waals surface area contributed by atoms with Gasteiger partial charge in [0.2, 0.25) is 0 Å². The molecule has 0 saturated carbocycles. The Kier molecular flexibility index (Phi) is 4.84. The van der Waals surface area contributed by atoms with Crippen LogP contribution in [0, 0.1) is 0 Å². The van der Waals surface area contributed by atoms with Crippen molar-refractivity contribution in [3.8, 4) is 5.75 Å². The molecule has 4 aromatic rings. The molecule has 160 valence electrons. The summed E-state index contributed by atoms with van der Waals surface area (Å²) in [5.74, 6) is 1.01. The van der Waals surface area contributed by atoms with E-state index in [1.807, 2.05) is 0 Å². The fourth-order valence-electron chi connectivity index (χ4n) is 5.29. The van der Waals surface area contributed by atoms with Gasteiger partial charge < -0.3 is 14.4 Å². The molecule has 0 aromatic heterocycles. The molecule has 0 spiro atoms. The van der Waals surface area contributed by atoms with E-state index in [9.17, 15) is 0 Å². The van der Waals surface area contributed by atoms with Crippen LogP contribution < -0.4 is 9.64 Å². The van der Waals surface area contributed by atoms with E-state index in [4.69, 9.17) is 9.47 Å². The third-order valence-corrected chi connectivity index (χ3v) is 7.06. The molecule has 0 bridgehead atoms. The Morgan fingerprint density at radius 3 is 2.06 bits per heavy atom. The second-order valence-electron chi connectivity index (χ2n) is 8.83. The molecule has 0 radical (unpaired) electrons. The highest BCUT2D eigenvalue weighted by Gasteiger charge is 2.40. The quantitative estimate of drug-likeness (QED) is 0.430. The summed E-state index contributed by atoms with van der Waals surface area (Å²) in [6.07, 6.45) is 0.917. The Balaban J connectivity index is 1.51. The molecule has 0 amide bonds. The first-order valence-electron chi connectivity index (χ1n) is 11.5. The number of fused-ring (bicyclic) bond motifs is 3. The highest BCUT2D eigenvalue weighted by Crippen LogP contribution is 2.45. The Bertz CT molecular complexity index is 1190. The van der Waals surface area contributed by atoms with Gasteiger partial charge in [0.1, 0.15) is 12.4 Å². The number of ether oxygens (including phenoxy) is 2. The second-order valence-corrected chi connectivity index (χ2v) is 8.83. The lowest BCUT2D eigenvalue weighted by atomic mass is 9.69. The smallest absolute Gasteiger partial charge is 0.123 e. The highest BCUT2D eigenvalue weighted by molar-refractivity contribution is 5.91. The van der Waals surface area contributed by atoms with Crippen LogP contribution in [0.2, 0.25) is 0 Å². The predicted molar refractivity (Wildman–Crippen MR) is 130 cm³/mol. The second kappa shape index (κ2) is 7.99. The van der Waals surface area contributed by atoms with E-state index in [1.165, 1.54) is 33.2 Å². The Hall–Kier alpha value is -3.30. The molecule has 1 fully saturated rings. The van der Waals surface area contributed by atoms with E-state index in [-0.39, 0.29) is 5.41 Å². The number of nitrogens with zero attached hydrogens (tertiary/aromatic N) is 1. The summed E-state index contributed by atoms with van der Waals surface area (Å²) in [5, 5.41) is 2.56. The van der Waals surface area contributed by atoms with Crippen LogP contribution in [0.4, 0.5) is 5.69 Å². The Morgan fingerprint density at radius 2 is 1.38 bits per heavy atom.